The van der Waals surface area contributed by atoms with Crippen molar-refractivity contribution in [2.45, 2.75) is 72.3 Å². The molecule has 0 amide bonds. The molecule has 173 valence electrons. The van der Waals surface area contributed by atoms with Crippen molar-refractivity contribution in [2.24, 2.45) is 11.8 Å². The quantitative estimate of drug-likeness (QED) is 0.370. The topological polar surface area (TPSA) is 53.0 Å². The number of hydrogen-bond donors (Lipinski definition) is 2. The maximum atomic E-state index is 6.38. The molecule has 0 bridgehead atoms. The summed E-state index contributed by atoms with van der Waals surface area (Å²) in [6.07, 6.45) is 9.74. The van der Waals surface area contributed by atoms with Gasteiger partial charge in [-0.25, -0.2) is 0 Å². The summed E-state index contributed by atoms with van der Waals surface area (Å²) in [5.41, 5.74) is 4.94. The molecule has 2 atom stereocenters. The molecule has 2 unspecified atom stereocenters. The van der Waals surface area contributed by atoms with E-state index in [2.05, 4.69) is 79.6 Å². The first-order valence-corrected chi connectivity index (χ1v) is 12.4. The standard InChI is InChI=1S/C27H37BN4O/c1-5-7-26(33-25(6-2)18(3)4)21-9-8-20(14-21)24-16-27(31-30-24)29-23-11-10-19-12-13-32(28)17-22(19)15-23/h6-7,10-11,15-16,18,20-21H,5,8-9,12-14,17H2,1-4H3,(H2,29,30,31)/q+1/b25-6-,26-7+. The molecule has 1 aliphatic heterocycles. The molecule has 2 N–H and O–H groups in total. The number of ether oxygens (including phenoxy) is 1. The van der Waals surface area contributed by atoms with Crippen molar-refractivity contribution in [3.8, 4) is 0 Å². The second kappa shape index (κ2) is 10.5. The first-order chi connectivity index (χ1) is 16.0. The van der Waals surface area contributed by atoms with Crippen molar-refractivity contribution < 1.29 is 9.22 Å². The molecule has 1 aliphatic carbocycles. The second-order valence-corrected chi connectivity index (χ2v) is 9.71. The summed E-state index contributed by atoms with van der Waals surface area (Å²) in [5.74, 6) is 4.40. The van der Waals surface area contributed by atoms with Gasteiger partial charge in [0, 0.05) is 5.92 Å². The Morgan fingerprint density at radius 1 is 1.30 bits per heavy atom. The van der Waals surface area contributed by atoms with Crippen molar-refractivity contribution in [3.05, 3.63) is 64.8 Å². The van der Waals surface area contributed by atoms with Crippen molar-refractivity contribution in [1.29, 1.82) is 0 Å². The molecular formula is C27H37BN4O+. The van der Waals surface area contributed by atoms with Gasteiger partial charge in [0.05, 0.1) is 0 Å². The molecule has 1 fully saturated rings. The van der Waals surface area contributed by atoms with Crippen LogP contribution in [0.1, 0.15) is 76.1 Å². The number of anilines is 2. The van der Waals surface area contributed by atoms with E-state index in [1.54, 1.807) is 0 Å². The molecule has 0 spiro atoms. The number of H-pyrrole nitrogens is 1. The minimum atomic E-state index is 0.394. The molecular weight excluding hydrogens is 407 g/mol. The van der Waals surface area contributed by atoms with Gasteiger partial charge < -0.3 is 4.74 Å². The summed E-state index contributed by atoms with van der Waals surface area (Å²) in [5, 5.41) is 11.3. The Kier molecular flexibility index (Phi) is 7.51. The van der Waals surface area contributed by atoms with E-state index in [9.17, 15) is 0 Å². The molecule has 1 saturated carbocycles. The monoisotopic (exact) mass is 444 g/mol. The van der Waals surface area contributed by atoms with Gasteiger partial charge in [-0.3, -0.25) is 0 Å². The summed E-state index contributed by atoms with van der Waals surface area (Å²) in [6, 6.07) is 8.70. The van der Waals surface area contributed by atoms with E-state index in [4.69, 9.17) is 12.4 Å². The van der Waals surface area contributed by atoms with E-state index in [0.29, 0.717) is 17.8 Å². The molecule has 2 aliphatic rings. The van der Waals surface area contributed by atoms with Gasteiger partial charge in [0.15, 0.2) is 0 Å². The van der Waals surface area contributed by atoms with Gasteiger partial charge in [-0.1, -0.05) is 20.8 Å². The zero-order valence-electron chi connectivity index (χ0n) is 20.5. The Labute approximate surface area is 199 Å². The van der Waals surface area contributed by atoms with Crippen LogP contribution in [0, 0.1) is 11.8 Å². The van der Waals surface area contributed by atoms with Gasteiger partial charge in [0.2, 0.25) is 0 Å². The van der Waals surface area contributed by atoms with Crippen LogP contribution < -0.4 is 5.32 Å². The SMILES string of the molecule is [B]=[N+]1CCc2ccc(Nc3cc(C4CCC(/C(=C\CC)O/C(=C\C)C(C)C)C4)[nH]n3)cc2C1. The molecule has 2 aromatic rings. The number of rotatable bonds is 8. The summed E-state index contributed by atoms with van der Waals surface area (Å²) < 4.78 is 8.25. The van der Waals surface area contributed by atoms with Gasteiger partial charge in [-0.15, -0.1) is 0 Å². The number of aromatic nitrogens is 2. The van der Waals surface area contributed by atoms with E-state index in [0.717, 1.165) is 68.2 Å². The number of hydrogen-bond acceptors (Lipinski definition) is 3. The van der Waals surface area contributed by atoms with E-state index in [-0.39, 0.29) is 0 Å². The fraction of sp³-hybridized carbons (Fsp3) is 0.519. The van der Waals surface area contributed by atoms with Crippen LogP contribution in [-0.4, -0.2) is 28.9 Å². The van der Waals surface area contributed by atoms with Crippen molar-refractivity contribution in [2.75, 3.05) is 11.9 Å². The Morgan fingerprint density at radius 3 is 2.91 bits per heavy atom. The van der Waals surface area contributed by atoms with Crippen LogP contribution in [0.25, 0.3) is 0 Å². The molecule has 4 rings (SSSR count). The number of allylic oxidation sites excluding steroid dienone is 4. The Morgan fingerprint density at radius 2 is 2.15 bits per heavy atom. The third kappa shape index (κ3) is 5.66. The first-order valence-electron chi connectivity index (χ1n) is 12.4. The molecule has 1 radical (unpaired) electrons. The predicted octanol–water partition coefficient (Wildman–Crippen LogP) is 6.33. The first kappa shape index (κ1) is 23.5. The Balaban J connectivity index is 1.40. The summed E-state index contributed by atoms with van der Waals surface area (Å²) in [7, 11) is 6.01. The third-order valence-corrected chi connectivity index (χ3v) is 6.89. The molecule has 2 heterocycles. The van der Waals surface area contributed by atoms with E-state index < -0.39 is 0 Å². The number of nitrogens with zero attached hydrogens (tertiary/aromatic N) is 2. The number of fused-ring (bicyclic) bond motifs is 1. The van der Waals surface area contributed by atoms with Gasteiger partial charge >= 0.3 is 131 Å². The van der Waals surface area contributed by atoms with Gasteiger partial charge in [0.25, 0.3) is 0 Å². The van der Waals surface area contributed by atoms with Gasteiger partial charge in [-0.2, -0.15) is 0 Å². The maximum absolute atomic E-state index is 6.38. The molecule has 33 heavy (non-hydrogen) atoms. The molecule has 1 aromatic carbocycles. The molecule has 0 saturated heterocycles. The van der Waals surface area contributed by atoms with E-state index >= 15 is 0 Å². The van der Waals surface area contributed by atoms with Crippen molar-refractivity contribution in [3.63, 3.8) is 0 Å². The summed E-state index contributed by atoms with van der Waals surface area (Å²) in [4.78, 5) is 0. The Bertz CT molecular complexity index is 1050. The number of benzene rings is 1. The average Bonchev–Trinajstić information content (AvgIpc) is 3.46. The van der Waals surface area contributed by atoms with Crippen LogP contribution in [0.5, 0.6) is 0 Å². The van der Waals surface area contributed by atoms with Crippen LogP contribution in [-0.2, 0) is 17.7 Å². The zero-order valence-corrected chi connectivity index (χ0v) is 20.5. The second-order valence-electron chi connectivity index (χ2n) is 9.71. The van der Waals surface area contributed by atoms with Crippen LogP contribution in [0.3, 0.4) is 0 Å². The third-order valence-electron chi connectivity index (χ3n) is 6.89. The zero-order chi connectivity index (χ0) is 23.4. The summed E-state index contributed by atoms with van der Waals surface area (Å²) >= 11 is 0. The average molecular weight is 444 g/mol. The van der Waals surface area contributed by atoms with Crippen LogP contribution >= 0.6 is 0 Å². The van der Waals surface area contributed by atoms with Crippen LogP contribution in [0.15, 0.2) is 47.9 Å². The summed E-state index contributed by atoms with van der Waals surface area (Å²) in [6.45, 7) is 10.3. The minimum absolute atomic E-state index is 0.394. The van der Waals surface area contributed by atoms with Gasteiger partial charge in [-0.05, 0) is 25.5 Å². The number of aromatic amines is 1. The van der Waals surface area contributed by atoms with Crippen molar-refractivity contribution in [1.82, 2.24) is 10.2 Å². The van der Waals surface area contributed by atoms with Crippen LogP contribution in [0.4, 0.5) is 11.5 Å². The Hall–Kier alpha value is -2.63. The fourth-order valence-electron chi connectivity index (χ4n) is 5.08. The molecule has 5 nitrogen and oxygen atoms in total. The fourth-order valence-corrected chi connectivity index (χ4v) is 5.08. The van der Waals surface area contributed by atoms with Crippen molar-refractivity contribution >= 4 is 19.1 Å². The van der Waals surface area contributed by atoms with Gasteiger partial charge in [0.1, 0.15) is 11.5 Å². The van der Waals surface area contributed by atoms with Crippen LogP contribution in [0.2, 0.25) is 0 Å². The number of nitrogens with one attached hydrogen (secondary N) is 2. The normalized spacial score (nSPS) is 21.4. The molecule has 1 aromatic heterocycles. The van der Waals surface area contributed by atoms with E-state index in [1.807, 2.05) is 4.48 Å². The molecule has 6 heteroatoms. The van der Waals surface area contributed by atoms with E-state index in [1.165, 1.54) is 16.8 Å². The predicted molar refractivity (Wildman–Crippen MR) is 135 cm³/mol.